The van der Waals surface area contributed by atoms with Crippen LogP contribution in [0.25, 0.3) is 0 Å². The average Bonchev–Trinajstić information content (AvgIpc) is 1.94. The van der Waals surface area contributed by atoms with Gasteiger partial charge in [0, 0.05) is 31.8 Å². The van der Waals surface area contributed by atoms with E-state index in [0.29, 0.717) is 0 Å². The topological polar surface area (TPSA) is 195 Å². The van der Waals surface area contributed by atoms with Gasteiger partial charge in [-0.1, -0.05) is 0 Å². The Hall–Kier alpha value is -1.33. The van der Waals surface area contributed by atoms with E-state index in [9.17, 15) is 0 Å². The predicted molar refractivity (Wildman–Crippen MR) is 58.7 cm³/mol. The third-order valence-electron chi connectivity index (χ3n) is 0. The number of carboxylic acid groups (broad SMARTS) is 5. The molecular formula is C10H17GdO10. The molecule has 0 aromatic carbocycles. The average molecular weight is 454 g/mol. The van der Waals surface area contributed by atoms with E-state index in [-0.39, 0.29) is 39.9 Å². The molecule has 0 aliphatic heterocycles. The quantitative estimate of drug-likeness (QED) is 0.370. The monoisotopic (exact) mass is 455 g/mol. The fourth-order valence-electron chi connectivity index (χ4n) is 0. The molecule has 0 atom stereocenters. The molecule has 11 heteroatoms. The molecule has 0 aliphatic carbocycles. The van der Waals surface area contributed by atoms with Gasteiger partial charge >= 0.3 is 39.9 Å². The van der Waals surface area contributed by atoms with Crippen molar-refractivity contribution in [1.82, 2.24) is 0 Å². The Balaban J connectivity index is -0.0000000331. The Bertz CT molecular complexity index is 211. The zero-order valence-electron chi connectivity index (χ0n) is 12.0. The van der Waals surface area contributed by atoms with Crippen LogP contribution in [0.15, 0.2) is 0 Å². The summed E-state index contributed by atoms with van der Waals surface area (Å²) in [6.07, 6.45) is 0. The Morgan fingerprint density at radius 2 is 0.571 bits per heavy atom. The van der Waals surface area contributed by atoms with E-state index < -0.39 is 29.8 Å². The van der Waals surface area contributed by atoms with Crippen molar-refractivity contribution in [3.8, 4) is 0 Å². The minimum absolute atomic E-state index is 0. The summed E-state index contributed by atoms with van der Waals surface area (Å²) in [7, 11) is 0. The maximum absolute atomic E-state index is 9.00. The summed E-state index contributed by atoms with van der Waals surface area (Å²) in [6.45, 7) is 5.08. The van der Waals surface area contributed by atoms with Crippen LogP contribution in [0.4, 0.5) is 0 Å². The van der Waals surface area contributed by atoms with Gasteiger partial charge in [-0.15, -0.1) is 0 Å². The van der Waals surface area contributed by atoms with Gasteiger partial charge in [0.25, 0.3) is 11.9 Å². The van der Waals surface area contributed by atoms with Gasteiger partial charge in [0.2, 0.25) is 0 Å². The second-order valence-electron chi connectivity index (χ2n) is 2.51. The molecule has 0 aromatic rings. The van der Waals surface area contributed by atoms with Crippen molar-refractivity contribution >= 4 is 29.8 Å². The van der Waals surface area contributed by atoms with E-state index in [0.717, 1.165) is 34.6 Å². The van der Waals surface area contributed by atoms with Crippen LogP contribution in [0.1, 0.15) is 34.6 Å². The van der Waals surface area contributed by atoms with Gasteiger partial charge in [0.1, 0.15) is 0 Å². The first-order valence-corrected chi connectivity index (χ1v) is 4.58. The maximum Gasteiger partial charge on any atom is 3.00 e. The third-order valence-corrected chi connectivity index (χ3v) is 0. The SMILES string of the molecule is CC(=O)O.CC(=O)O.CC(=O)[O-].CC(=O)[O-].CC(=O)[O-].[Gd+3]. The third kappa shape index (κ3) is 2960. The molecule has 0 bridgehead atoms. The van der Waals surface area contributed by atoms with Gasteiger partial charge in [-0.3, -0.25) is 9.59 Å². The first-order valence-electron chi connectivity index (χ1n) is 4.58. The van der Waals surface area contributed by atoms with Crippen LogP contribution in [0.5, 0.6) is 0 Å². The van der Waals surface area contributed by atoms with Crippen LogP contribution in [-0.4, -0.2) is 40.1 Å². The fraction of sp³-hybridized carbons (Fsp3) is 0.500. The zero-order valence-corrected chi connectivity index (χ0v) is 14.3. The van der Waals surface area contributed by atoms with Crippen molar-refractivity contribution in [3.05, 3.63) is 0 Å². The van der Waals surface area contributed by atoms with E-state index in [1.54, 1.807) is 0 Å². The molecule has 0 spiro atoms. The number of hydrogen-bond donors (Lipinski definition) is 2. The predicted octanol–water partition coefficient (Wildman–Crippen LogP) is -3.55. The normalized spacial score (nSPS) is 5.95. The number of rotatable bonds is 0. The fourth-order valence-corrected chi connectivity index (χ4v) is 0. The van der Waals surface area contributed by atoms with E-state index in [4.69, 9.17) is 49.5 Å². The molecule has 0 saturated heterocycles. The van der Waals surface area contributed by atoms with Gasteiger partial charge in [0.05, 0.1) is 0 Å². The van der Waals surface area contributed by atoms with Crippen LogP contribution < -0.4 is 15.3 Å². The van der Waals surface area contributed by atoms with E-state index in [2.05, 4.69) is 0 Å². The van der Waals surface area contributed by atoms with Gasteiger partial charge in [0.15, 0.2) is 0 Å². The molecule has 0 unspecified atom stereocenters. The van der Waals surface area contributed by atoms with Crippen LogP contribution in [0.3, 0.4) is 0 Å². The van der Waals surface area contributed by atoms with Gasteiger partial charge in [-0.2, -0.15) is 0 Å². The summed E-state index contributed by atoms with van der Waals surface area (Å²) in [5.74, 6) is -4.92. The van der Waals surface area contributed by atoms with Crippen molar-refractivity contribution in [2.75, 3.05) is 0 Å². The van der Waals surface area contributed by atoms with Gasteiger partial charge in [-0.25, -0.2) is 0 Å². The summed E-state index contributed by atoms with van der Waals surface area (Å²) < 4.78 is 0. The second-order valence-corrected chi connectivity index (χ2v) is 2.51. The molecule has 0 rings (SSSR count). The van der Waals surface area contributed by atoms with Crippen LogP contribution in [0.2, 0.25) is 0 Å². The Morgan fingerprint density at radius 3 is 0.571 bits per heavy atom. The number of aliphatic carboxylic acids is 5. The molecule has 0 amide bonds. The summed E-state index contributed by atoms with van der Waals surface area (Å²) in [4.78, 5) is 44.7. The second kappa shape index (κ2) is 31.2. The molecule has 0 saturated carbocycles. The summed E-state index contributed by atoms with van der Waals surface area (Å²) >= 11 is 0. The summed E-state index contributed by atoms with van der Waals surface area (Å²) in [5, 5.41) is 41.5. The standard InChI is InChI=1S/5C2H4O2.Gd/c5*1-2(3)4;/h5*1H3,(H,3,4);/q;;;;;+3/p-3. The number of carbonyl (C=O) groups is 5. The maximum atomic E-state index is 9.00. The molecule has 0 aliphatic rings. The molecular weight excluding hydrogens is 437 g/mol. The van der Waals surface area contributed by atoms with Crippen LogP contribution in [0, 0.1) is 39.9 Å². The minimum Gasteiger partial charge on any atom is -0.550 e. The van der Waals surface area contributed by atoms with Crippen molar-refractivity contribution < 1.29 is 89.4 Å². The van der Waals surface area contributed by atoms with Crippen molar-refractivity contribution in [2.24, 2.45) is 0 Å². The van der Waals surface area contributed by atoms with E-state index >= 15 is 0 Å². The Labute approximate surface area is 153 Å². The van der Waals surface area contributed by atoms with Crippen molar-refractivity contribution in [1.29, 1.82) is 0 Å². The molecule has 10 nitrogen and oxygen atoms in total. The zero-order chi connectivity index (χ0) is 17.9. The Morgan fingerprint density at radius 1 is 0.571 bits per heavy atom. The Kier molecular flexibility index (Phi) is 54.5. The minimum atomic E-state index is -1.08. The van der Waals surface area contributed by atoms with Crippen molar-refractivity contribution in [3.63, 3.8) is 0 Å². The van der Waals surface area contributed by atoms with E-state index in [1.165, 1.54) is 0 Å². The smallest absolute Gasteiger partial charge is 0.550 e. The number of carboxylic acids is 5. The van der Waals surface area contributed by atoms with Gasteiger partial charge < -0.3 is 39.9 Å². The number of hydrogen-bond acceptors (Lipinski definition) is 8. The van der Waals surface area contributed by atoms with Crippen LogP contribution >= 0.6 is 0 Å². The molecule has 2 N–H and O–H groups in total. The van der Waals surface area contributed by atoms with Crippen molar-refractivity contribution in [2.45, 2.75) is 34.6 Å². The molecule has 0 aromatic heterocycles. The largest absolute Gasteiger partial charge is 3.00 e. The van der Waals surface area contributed by atoms with Gasteiger partial charge in [-0.05, 0) is 20.8 Å². The first-order chi connectivity index (χ1) is 8.66. The number of carbonyl (C=O) groups excluding carboxylic acids is 3. The summed E-state index contributed by atoms with van der Waals surface area (Å²) in [6, 6.07) is 0. The summed E-state index contributed by atoms with van der Waals surface area (Å²) in [5.41, 5.74) is 0. The molecule has 1 radical (unpaired) electrons. The van der Waals surface area contributed by atoms with E-state index in [1.807, 2.05) is 0 Å². The first kappa shape index (κ1) is 36.7. The van der Waals surface area contributed by atoms with Crippen LogP contribution in [-0.2, 0) is 24.0 Å². The molecule has 21 heavy (non-hydrogen) atoms. The molecule has 0 heterocycles. The molecule has 125 valence electrons. The molecule has 0 fully saturated rings.